The minimum atomic E-state index is -0.0723. The third-order valence-electron chi connectivity index (χ3n) is 5.53. The number of ether oxygens (including phenoxy) is 1. The Kier molecular flexibility index (Phi) is 6.67. The van der Waals surface area contributed by atoms with Crippen molar-refractivity contribution in [2.24, 2.45) is 5.92 Å². The van der Waals surface area contributed by atoms with Crippen LogP contribution in [-0.2, 0) is 17.6 Å². The number of benzene rings is 1. The van der Waals surface area contributed by atoms with Crippen molar-refractivity contribution in [1.82, 2.24) is 14.8 Å². The highest BCUT2D eigenvalue weighted by atomic mass is 32.2. The zero-order chi connectivity index (χ0) is 22.0. The van der Waals surface area contributed by atoms with Gasteiger partial charge in [-0.1, -0.05) is 18.7 Å². The van der Waals surface area contributed by atoms with E-state index >= 15 is 0 Å². The number of thioether (sulfide) groups is 1. The van der Waals surface area contributed by atoms with E-state index in [1.807, 2.05) is 35.6 Å². The first-order valence-electron chi connectivity index (χ1n) is 10.6. The van der Waals surface area contributed by atoms with Crippen LogP contribution in [0.3, 0.4) is 0 Å². The van der Waals surface area contributed by atoms with E-state index in [1.54, 1.807) is 7.11 Å². The normalized spacial score (nSPS) is 15.7. The van der Waals surface area contributed by atoms with Gasteiger partial charge in [0, 0.05) is 27.5 Å². The second-order valence-corrected chi connectivity index (χ2v) is 10.1. The van der Waals surface area contributed by atoms with Crippen molar-refractivity contribution < 1.29 is 9.53 Å². The highest BCUT2D eigenvalue weighted by Gasteiger charge is 2.25. The molecular formula is C23H28N4O2S2. The average molecular weight is 457 g/mol. The lowest BCUT2D eigenvalue weighted by Crippen LogP contribution is -2.15. The smallest absolute Gasteiger partial charge is 0.234 e. The second-order valence-electron chi connectivity index (χ2n) is 8.23. The summed E-state index contributed by atoms with van der Waals surface area (Å²) < 4.78 is 7.31. The van der Waals surface area contributed by atoms with Gasteiger partial charge in [0.2, 0.25) is 5.91 Å². The predicted octanol–water partition coefficient (Wildman–Crippen LogP) is 5.45. The fraction of sp³-hybridized carbons (Fsp3) is 0.435. The number of nitrogens with zero attached hydrogens (tertiary/aromatic N) is 3. The van der Waals surface area contributed by atoms with Crippen LogP contribution < -0.4 is 10.1 Å². The van der Waals surface area contributed by atoms with Gasteiger partial charge in [-0.2, -0.15) is 0 Å². The third kappa shape index (κ3) is 4.80. The average Bonchev–Trinajstić information content (AvgIpc) is 3.36. The van der Waals surface area contributed by atoms with Crippen LogP contribution >= 0.6 is 23.1 Å². The van der Waals surface area contributed by atoms with Crippen molar-refractivity contribution in [3.63, 3.8) is 0 Å². The van der Waals surface area contributed by atoms with Gasteiger partial charge in [-0.3, -0.25) is 9.36 Å². The molecule has 164 valence electrons. The van der Waals surface area contributed by atoms with E-state index < -0.39 is 0 Å². The molecule has 0 saturated carbocycles. The summed E-state index contributed by atoms with van der Waals surface area (Å²) in [6, 6.07) is 7.52. The first kappa shape index (κ1) is 21.9. The van der Waals surface area contributed by atoms with Crippen LogP contribution in [-0.4, -0.2) is 33.5 Å². The number of amides is 1. The molecule has 6 nitrogen and oxygen atoms in total. The van der Waals surface area contributed by atoms with E-state index in [0.29, 0.717) is 0 Å². The number of methoxy groups -OCH3 is 1. The van der Waals surface area contributed by atoms with E-state index in [2.05, 4.69) is 46.2 Å². The molecule has 0 fully saturated rings. The lowest BCUT2D eigenvalue weighted by molar-refractivity contribution is -0.113. The third-order valence-corrected chi connectivity index (χ3v) is 7.52. The molecule has 0 saturated heterocycles. The molecule has 0 spiro atoms. The van der Waals surface area contributed by atoms with E-state index in [0.717, 1.165) is 41.2 Å². The Morgan fingerprint density at radius 1 is 1.32 bits per heavy atom. The van der Waals surface area contributed by atoms with Gasteiger partial charge in [0.1, 0.15) is 5.75 Å². The number of carbonyl (C=O) groups excluding carboxylic acids is 1. The number of hydrogen-bond donors (Lipinski definition) is 1. The lowest BCUT2D eigenvalue weighted by atomic mass is 9.88. The van der Waals surface area contributed by atoms with Crippen molar-refractivity contribution in [2.75, 3.05) is 18.2 Å². The topological polar surface area (TPSA) is 69.0 Å². The Hall–Kier alpha value is -2.32. The maximum absolute atomic E-state index is 12.5. The van der Waals surface area contributed by atoms with Crippen molar-refractivity contribution in [1.29, 1.82) is 0 Å². The van der Waals surface area contributed by atoms with E-state index in [1.165, 1.54) is 34.2 Å². The van der Waals surface area contributed by atoms with Gasteiger partial charge in [-0.25, -0.2) is 0 Å². The number of thiophene rings is 1. The summed E-state index contributed by atoms with van der Waals surface area (Å²) in [4.78, 5) is 13.9. The Labute approximate surface area is 191 Å². The van der Waals surface area contributed by atoms with Crippen LogP contribution in [0.15, 0.2) is 34.8 Å². The molecule has 2 aromatic heterocycles. The molecule has 1 aromatic carbocycles. The number of rotatable bonds is 7. The Balaban J connectivity index is 1.48. The maximum Gasteiger partial charge on any atom is 0.234 e. The van der Waals surface area contributed by atoms with Crippen LogP contribution in [0.25, 0.3) is 11.4 Å². The molecule has 1 atom stereocenters. The standard InChI is InChI=1S/C23H28N4O2S2/c1-14(2)27-22(19-12-30-20-11-15(3)5-10-18(19)20)25-26-23(27)31-13-21(28)24-16-6-8-17(29-4)9-7-16/h6-9,12,14-15H,5,10-11,13H2,1-4H3,(H,24,28). The maximum atomic E-state index is 12.5. The van der Waals surface area contributed by atoms with E-state index in [-0.39, 0.29) is 17.7 Å². The van der Waals surface area contributed by atoms with Gasteiger partial charge in [-0.15, -0.1) is 21.5 Å². The summed E-state index contributed by atoms with van der Waals surface area (Å²) in [5, 5.41) is 14.9. The number of fused-ring (bicyclic) bond motifs is 1. The molecule has 1 unspecified atom stereocenters. The monoisotopic (exact) mass is 456 g/mol. The van der Waals surface area contributed by atoms with Gasteiger partial charge in [0.25, 0.3) is 0 Å². The molecule has 8 heteroatoms. The molecule has 0 aliphatic heterocycles. The van der Waals surface area contributed by atoms with Gasteiger partial charge in [0.05, 0.1) is 12.9 Å². The fourth-order valence-electron chi connectivity index (χ4n) is 3.89. The number of carbonyl (C=O) groups is 1. The van der Waals surface area contributed by atoms with Crippen LogP contribution in [0, 0.1) is 5.92 Å². The van der Waals surface area contributed by atoms with Crippen molar-refractivity contribution >= 4 is 34.7 Å². The Morgan fingerprint density at radius 3 is 2.81 bits per heavy atom. The minimum absolute atomic E-state index is 0.0723. The van der Waals surface area contributed by atoms with Gasteiger partial charge >= 0.3 is 0 Å². The molecule has 0 bridgehead atoms. The molecule has 0 radical (unpaired) electrons. The van der Waals surface area contributed by atoms with E-state index in [4.69, 9.17) is 4.74 Å². The Morgan fingerprint density at radius 2 is 2.10 bits per heavy atom. The van der Waals surface area contributed by atoms with Crippen molar-refractivity contribution in [2.45, 2.75) is 51.2 Å². The van der Waals surface area contributed by atoms with Gasteiger partial charge in [0.15, 0.2) is 11.0 Å². The van der Waals surface area contributed by atoms with Crippen LogP contribution in [0.2, 0.25) is 0 Å². The highest BCUT2D eigenvalue weighted by molar-refractivity contribution is 7.99. The van der Waals surface area contributed by atoms with Gasteiger partial charge in [-0.05, 0) is 68.9 Å². The number of aromatic nitrogens is 3. The molecule has 3 aromatic rings. The Bertz CT molecular complexity index is 1060. The summed E-state index contributed by atoms with van der Waals surface area (Å²) in [7, 11) is 1.62. The second kappa shape index (κ2) is 9.44. The molecule has 1 aliphatic carbocycles. The molecule has 4 rings (SSSR count). The van der Waals surface area contributed by atoms with E-state index in [9.17, 15) is 4.79 Å². The van der Waals surface area contributed by atoms with Crippen LogP contribution in [0.4, 0.5) is 5.69 Å². The molecule has 1 N–H and O–H groups in total. The lowest BCUT2D eigenvalue weighted by Gasteiger charge is -2.19. The summed E-state index contributed by atoms with van der Waals surface area (Å²) in [6.45, 7) is 6.59. The summed E-state index contributed by atoms with van der Waals surface area (Å²) in [5.74, 6) is 2.63. The first-order chi connectivity index (χ1) is 15.0. The summed E-state index contributed by atoms with van der Waals surface area (Å²) in [5.41, 5.74) is 3.39. The zero-order valence-corrected chi connectivity index (χ0v) is 20.0. The fourth-order valence-corrected chi connectivity index (χ4v) is 6.00. The summed E-state index contributed by atoms with van der Waals surface area (Å²) in [6.07, 6.45) is 3.48. The first-order valence-corrected chi connectivity index (χ1v) is 12.4. The molecule has 2 heterocycles. The van der Waals surface area contributed by atoms with Crippen molar-refractivity contribution in [3.8, 4) is 17.1 Å². The zero-order valence-electron chi connectivity index (χ0n) is 18.3. The number of nitrogens with one attached hydrogen (secondary N) is 1. The molecule has 31 heavy (non-hydrogen) atoms. The predicted molar refractivity (Wildman–Crippen MR) is 127 cm³/mol. The van der Waals surface area contributed by atoms with Crippen LogP contribution in [0.1, 0.15) is 43.7 Å². The molecule has 1 aliphatic rings. The molecular weight excluding hydrogens is 428 g/mol. The molecule has 1 amide bonds. The summed E-state index contributed by atoms with van der Waals surface area (Å²) >= 11 is 3.26. The number of hydrogen-bond acceptors (Lipinski definition) is 6. The minimum Gasteiger partial charge on any atom is -0.497 e. The quantitative estimate of drug-likeness (QED) is 0.479. The SMILES string of the molecule is COc1ccc(NC(=O)CSc2nnc(-c3csc4c3CCC(C)C4)n2C(C)C)cc1. The van der Waals surface area contributed by atoms with Crippen molar-refractivity contribution in [3.05, 3.63) is 40.1 Å². The number of anilines is 1. The highest BCUT2D eigenvalue weighted by Crippen LogP contribution is 2.39. The van der Waals surface area contributed by atoms with Gasteiger partial charge < -0.3 is 10.1 Å². The largest absolute Gasteiger partial charge is 0.497 e. The van der Waals surface area contributed by atoms with Crippen LogP contribution in [0.5, 0.6) is 5.75 Å².